The SMILES string of the molecule is O=S1(=O)CC#CCCCCCCC#CC1. The van der Waals surface area contributed by atoms with Crippen molar-refractivity contribution in [1.29, 1.82) is 0 Å². The number of hydrogen-bond acceptors (Lipinski definition) is 2. The predicted octanol–water partition coefficient (Wildman–Crippen LogP) is 1.76. The van der Waals surface area contributed by atoms with Crippen LogP contribution in [0.3, 0.4) is 0 Å². The molecule has 1 heterocycles. The molecule has 0 N–H and O–H groups in total. The monoisotopic (exact) mass is 224 g/mol. The second kappa shape index (κ2) is 6.53. The van der Waals surface area contributed by atoms with Crippen LogP contribution in [0.1, 0.15) is 38.5 Å². The fraction of sp³-hybridized carbons (Fsp3) is 0.667. The molecule has 1 rings (SSSR count). The van der Waals surface area contributed by atoms with Gasteiger partial charge in [0.1, 0.15) is 11.5 Å². The maximum Gasteiger partial charge on any atom is 0.172 e. The van der Waals surface area contributed by atoms with Gasteiger partial charge >= 0.3 is 0 Å². The van der Waals surface area contributed by atoms with Gasteiger partial charge in [-0.1, -0.05) is 24.7 Å². The molecule has 0 aromatic heterocycles. The Labute approximate surface area is 92.4 Å². The van der Waals surface area contributed by atoms with Crippen LogP contribution in [-0.4, -0.2) is 19.9 Å². The van der Waals surface area contributed by atoms with Crippen molar-refractivity contribution >= 4 is 9.84 Å². The van der Waals surface area contributed by atoms with Gasteiger partial charge in [0.15, 0.2) is 9.84 Å². The van der Waals surface area contributed by atoms with Gasteiger partial charge in [0.05, 0.1) is 0 Å². The molecule has 15 heavy (non-hydrogen) atoms. The minimum Gasteiger partial charge on any atom is -0.227 e. The lowest BCUT2D eigenvalue weighted by Crippen LogP contribution is -2.07. The van der Waals surface area contributed by atoms with E-state index in [2.05, 4.69) is 23.7 Å². The van der Waals surface area contributed by atoms with E-state index < -0.39 is 9.84 Å². The molecular formula is C12H16O2S. The lowest BCUT2D eigenvalue weighted by molar-refractivity contribution is 0.602. The molecule has 0 aromatic carbocycles. The molecule has 0 saturated carbocycles. The Balaban J connectivity index is 2.59. The zero-order chi connectivity index (χ0) is 11.0. The van der Waals surface area contributed by atoms with Crippen molar-refractivity contribution in [2.45, 2.75) is 38.5 Å². The Bertz CT molecular complexity index is 364. The van der Waals surface area contributed by atoms with Crippen molar-refractivity contribution in [2.75, 3.05) is 11.5 Å². The summed E-state index contributed by atoms with van der Waals surface area (Å²) in [5.41, 5.74) is 0. The zero-order valence-electron chi connectivity index (χ0n) is 8.88. The topological polar surface area (TPSA) is 34.1 Å². The van der Waals surface area contributed by atoms with Gasteiger partial charge in [-0.3, -0.25) is 0 Å². The third kappa shape index (κ3) is 6.20. The first-order valence-electron chi connectivity index (χ1n) is 5.32. The molecule has 0 saturated heterocycles. The second-order valence-corrected chi connectivity index (χ2v) is 5.72. The number of sulfone groups is 1. The Kier molecular flexibility index (Phi) is 5.29. The Morgan fingerprint density at radius 3 is 1.60 bits per heavy atom. The first kappa shape index (κ1) is 12.1. The molecule has 0 bridgehead atoms. The van der Waals surface area contributed by atoms with Crippen LogP contribution in [-0.2, 0) is 9.84 Å². The largest absolute Gasteiger partial charge is 0.227 e. The van der Waals surface area contributed by atoms with Gasteiger partial charge in [-0.15, -0.1) is 11.8 Å². The van der Waals surface area contributed by atoms with Crippen molar-refractivity contribution in [2.24, 2.45) is 0 Å². The van der Waals surface area contributed by atoms with E-state index in [0.717, 1.165) is 25.7 Å². The van der Waals surface area contributed by atoms with Crippen molar-refractivity contribution in [3.63, 3.8) is 0 Å². The highest BCUT2D eigenvalue weighted by Crippen LogP contribution is 2.04. The summed E-state index contributed by atoms with van der Waals surface area (Å²) >= 11 is 0. The summed E-state index contributed by atoms with van der Waals surface area (Å²) in [7, 11) is -3.07. The van der Waals surface area contributed by atoms with E-state index in [4.69, 9.17) is 0 Å². The van der Waals surface area contributed by atoms with E-state index >= 15 is 0 Å². The average Bonchev–Trinajstić information content (AvgIpc) is 2.20. The van der Waals surface area contributed by atoms with Gasteiger partial charge in [0, 0.05) is 12.8 Å². The molecule has 0 spiro atoms. The molecule has 3 heteroatoms. The molecule has 0 amide bonds. The van der Waals surface area contributed by atoms with Gasteiger partial charge in [0.2, 0.25) is 0 Å². The fourth-order valence-corrected chi connectivity index (χ4v) is 2.08. The fourth-order valence-electron chi connectivity index (χ4n) is 1.33. The minimum absolute atomic E-state index is 0.0400. The van der Waals surface area contributed by atoms with Crippen LogP contribution in [0.25, 0.3) is 0 Å². The lowest BCUT2D eigenvalue weighted by Gasteiger charge is -1.93. The minimum atomic E-state index is -3.07. The van der Waals surface area contributed by atoms with Crippen LogP contribution in [0.4, 0.5) is 0 Å². The molecule has 82 valence electrons. The van der Waals surface area contributed by atoms with E-state index in [0.29, 0.717) is 0 Å². The van der Waals surface area contributed by atoms with E-state index in [1.165, 1.54) is 12.8 Å². The standard InChI is InChI=1S/C12H16O2S/c13-15(14)11-9-7-5-3-1-2-4-6-8-10-12-15/h1-6,11-12H2. The predicted molar refractivity (Wildman–Crippen MR) is 61.9 cm³/mol. The van der Waals surface area contributed by atoms with Gasteiger partial charge in [-0.2, -0.15) is 0 Å². The summed E-state index contributed by atoms with van der Waals surface area (Å²) < 4.78 is 22.7. The molecular weight excluding hydrogens is 208 g/mol. The van der Waals surface area contributed by atoms with Crippen LogP contribution in [0.15, 0.2) is 0 Å². The summed E-state index contributed by atoms with van der Waals surface area (Å²) in [6, 6.07) is 0. The molecule has 0 unspecified atom stereocenters. The third-order valence-electron chi connectivity index (χ3n) is 2.19. The van der Waals surface area contributed by atoms with Crippen LogP contribution >= 0.6 is 0 Å². The van der Waals surface area contributed by atoms with Gasteiger partial charge in [-0.05, 0) is 12.8 Å². The molecule has 1 aliphatic rings. The van der Waals surface area contributed by atoms with Crippen LogP contribution in [0.5, 0.6) is 0 Å². The summed E-state index contributed by atoms with van der Waals surface area (Å²) in [6.07, 6.45) is 6.11. The molecule has 0 aromatic rings. The van der Waals surface area contributed by atoms with Crippen molar-refractivity contribution < 1.29 is 8.42 Å². The summed E-state index contributed by atoms with van der Waals surface area (Å²) in [5, 5.41) is 0. The quantitative estimate of drug-likeness (QED) is 0.588. The third-order valence-corrected chi connectivity index (χ3v) is 3.36. The van der Waals surface area contributed by atoms with Crippen molar-refractivity contribution in [3.8, 4) is 23.7 Å². The van der Waals surface area contributed by atoms with E-state index in [9.17, 15) is 8.42 Å². The zero-order valence-corrected chi connectivity index (χ0v) is 9.70. The van der Waals surface area contributed by atoms with Crippen molar-refractivity contribution in [1.82, 2.24) is 0 Å². The highest BCUT2D eigenvalue weighted by Gasteiger charge is 2.05. The Morgan fingerprint density at radius 1 is 0.667 bits per heavy atom. The molecule has 0 atom stereocenters. The molecule has 2 nitrogen and oxygen atoms in total. The lowest BCUT2D eigenvalue weighted by atomic mass is 10.1. The van der Waals surface area contributed by atoms with E-state index in [-0.39, 0.29) is 11.5 Å². The normalized spacial score (nSPS) is 21.6. The molecule has 0 radical (unpaired) electrons. The first-order valence-corrected chi connectivity index (χ1v) is 7.15. The van der Waals surface area contributed by atoms with Crippen molar-refractivity contribution in [3.05, 3.63) is 0 Å². The highest BCUT2D eigenvalue weighted by atomic mass is 32.2. The summed E-state index contributed by atoms with van der Waals surface area (Å²) in [4.78, 5) is 0. The number of hydrogen-bond donors (Lipinski definition) is 0. The van der Waals surface area contributed by atoms with Gasteiger partial charge in [0.25, 0.3) is 0 Å². The summed E-state index contributed by atoms with van der Waals surface area (Å²) in [6.45, 7) is 0. The first-order chi connectivity index (χ1) is 7.21. The van der Waals surface area contributed by atoms with E-state index in [1.807, 2.05) is 0 Å². The molecule has 0 aliphatic carbocycles. The maximum atomic E-state index is 11.4. The smallest absolute Gasteiger partial charge is 0.172 e. The number of rotatable bonds is 0. The molecule has 1 aliphatic heterocycles. The van der Waals surface area contributed by atoms with Crippen LogP contribution in [0.2, 0.25) is 0 Å². The second-order valence-electron chi connectivity index (χ2n) is 3.65. The average molecular weight is 224 g/mol. The van der Waals surface area contributed by atoms with E-state index in [1.54, 1.807) is 0 Å². The Morgan fingerprint density at radius 2 is 1.13 bits per heavy atom. The van der Waals surface area contributed by atoms with Gasteiger partial charge < -0.3 is 0 Å². The molecule has 0 fully saturated rings. The van der Waals surface area contributed by atoms with Crippen LogP contribution < -0.4 is 0 Å². The van der Waals surface area contributed by atoms with Crippen LogP contribution in [0, 0.1) is 23.7 Å². The highest BCUT2D eigenvalue weighted by molar-refractivity contribution is 7.91. The van der Waals surface area contributed by atoms with Gasteiger partial charge in [-0.25, -0.2) is 8.42 Å². The Hall–Kier alpha value is -0.930. The summed E-state index contributed by atoms with van der Waals surface area (Å²) in [5.74, 6) is 11.1. The maximum absolute atomic E-state index is 11.4.